The highest BCUT2D eigenvalue weighted by atomic mass is 79.9. The van der Waals surface area contributed by atoms with E-state index in [2.05, 4.69) is 28.9 Å². The van der Waals surface area contributed by atoms with E-state index in [0.29, 0.717) is 0 Å². The lowest BCUT2D eigenvalue weighted by atomic mass is 9.84. The van der Waals surface area contributed by atoms with Crippen LogP contribution in [0.15, 0.2) is 28.7 Å². The molecule has 1 aromatic carbocycles. The summed E-state index contributed by atoms with van der Waals surface area (Å²) in [6.07, 6.45) is 3.83. The highest BCUT2D eigenvalue weighted by Crippen LogP contribution is 2.25. The van der Waals surface area contributed by atoms with E-state index in [1.54, 1.807) is 0 Å². The van der Waals surface area contributed by atoms with Crippen LogP contribution in [-0.4, -0.2) is 5.78 Å². The van der Waals surface area contributed by atoms with Crippen molar-refractivity contribution in [3.8, 4) is 6.07 Å². The summed E-state index contributed by atoms with van der Waals surface area (Å²) in [7, 11) is 0. The molecule has 0 amide bonds. The largest absolute Gasteiger partial charge is 0.298 e. The van der Waals surface area contributed by atoms with Gasteiger partial charge in [0.1, 0.15) is 5.92 Å². The molecule has 0 saturated carbocycles. The molecule has 0 bridgehead atoms. The monoisotopic (exact) mass is 321 g/mol. The van der Waals surface area contributed by atoms with E-state index in [1.165, 1.54) is 0 Å². The van der Waals surface area contributed by atoms with Gasteiger partial charge >= 0.3 is 0 Å². The molecule has 1 aromatic rings. The molecule has 2 nitrogen and oxygen atoms in total. The zero-order valence-electron chi connectivity index (χ0n) is 11.5. The first-order chi connectivity index (χ1) is 9.13. The zero-order valence-corrected chi connectivity index (χ0v) is 13.1. The average Bonchev–Trinajstić information content (AvgIpc) is 2.42. The standard InChI is InChI=1S/C16H20BrNO/c1-3-5-6-12(4-2)16(19)15(11-18)13-7-9-14(17)10-8-13/h7-10,12,15H,3-6H2,1-2H3. The third kappa shape index (κ3) is 4.47. The first kappa shape index (κ1) is 15.9. The summed E-state index contributed by atoms with van der Waals surface area (Å²) in [4.78, 5) is 12.5. The molecule has 0 aliphatic heterocycles. The van der Waals surface area contributed by atoms with Crippen molar-refractivity contribution in [2.75, 3.05) is 0 Å². The van der Waals surface area contributed by atoms with E-state index in [1.807, 2.05) is 31.2 Å². The number of halogens is 1. The molecule has 2 unspecified atom stereocenters. The van der Waals surface area contributed by atoms with Crippen molar-refractivity contribution in [2.24, 2.45) is 5.92 Å². The van der Waals surface area contributed by atoms with Gasteiger partial charge in [-0.2, -0.15) is 5.26 Å². The second-order valence-corrected chi connectivity index (χ2v) is 5.68. The van der Waals surface area contributed by atoms with Crippen molar-refractivity contribution in [3.63, 3.8) is 0 Å². The lowest BCUT2D eigenvalue weighted by molar-refractivity contribution is -0.123. The summed E-state index contributed by atoms with van der Waals surface area (Å²) >= 11 is 3.36. The summed E-state index contributed by atoms with van der Waals surface area (Å²) in [6.45, 7) is 4.14. The van der Waals surface area contributed by atoms with Crippen molar-refractivity contribution >= 4 is 21.7 Å². The second-order valence-electron chi connectivity index (χ2n) is 4.76. The van der Waals surface area contributed by atoms with Gasteiger partial charge in [0.25, 0.3) is 0 Å². The maximum atomic E-state index is 12.5. The van der Waals surface area contributed by atoms with Gasteiger partial charge in [-0.05, 0) is 30.5 Å². The van der Waals surface area contributed by atoms with Gasteiger partial charge in [-0.3, -0.25) is 4.79 Å². The number of benzene rings is 1. The van der Waals surface area contributed by atoms with Crippen LogP contribution in [0, 0.1) is 17.2 Å². The smallest absolute Gasteiger partial charge is 0.157 e. The van der Waals surface area contributed by atoms with Gasteiger partial charge in [-0.1, -0.05) is 54.8 Å². The van der Waals surface area contributed by atoms with Gasteiger partial charge in [-0.25, -0.2) is 0 Å². The number of ketones is 1. The van der Waals surface area contributed by atoms with Crippen LogP contribution in [0.2, 0.25) is 0 Å². The average molecular weight is 322 g/mol. The minimum Gasteiger partial charge on any atom is -0.298 e. The Hall–Kier alpha value is -1.14. The van der Waals surface area contributed by atoms with Crippen LogP contribution in [0.1, 0.15) is 51.0 Å². The van der Waals surface area contributed by atoms with Gasteiger partial charge in [0.15, 0.2) is 5.78 Å². The summed E-state index contributed by atoms with van der Waals surface area (Å²) < 4.78 is 0.957. The molecule has 3 heteroatoms. The fraction of sp³-hybridized carbons (Fsp3) is 0.500. The van der Waals surface area contributed by atoms with E-state index in [-0.39, 0.29) is 11.7 Å². The Labute approximate surface area is 124 Å². The Kier molecular flexibility index (Phi) is 6.80. The molecule has 0 saturated heterocycles. The van der Waals surface area contributed by atoms with Gasteiger partial charge in [0.05, 0.1) is 6.07 Å². The molecular weight excluding hydrogens is 302 g/mol. The molecule has 0 heterocycles. The van der Waals surface area contributed by atoms with Crippen LogP contribution < -0.4 is 0 Å². The number of rotatable bonds is 7. The Bertz CT molecular complexity index is 447. The number of hydrogen-bond donors (Lipinski definition) is 0. The maximum absolute atomic E-state index is 12.5. The number of nitriles is 1. The van der Waals surface area contributed by atoms with Crippen molar-refractivity contribution in [3.05, 3.63) is 34.3 Å². The van der Waals surface area contributed by atoms with Gasteiger partial charge in [0, 0.05) is 10.4 Å². The first-order valence-electron chi connectivity index (χ1n) is 6.82. The van der Waals surface area contributed by atoms with Crippen molar-refractivity contribution in [1.29, 1.82) is 5.26 Å². The zero-order chi connectivity index (χ0) is 14.3. The predicted molar refractivity (Wildman–Crippen MR) is 80.8 cm³/mol. The summed E-state index contributed by atoms with van der Waals surface area (Å²) in [5, 5.41) is 9.31. The SMILES string of the molecule is CCCCC(CC)C(=O)C(C#N)c1ccc(Br)cc1. The minimum absolute atomic E-state index is 0.00764. The van der Waals surface area contributed by atoms with E-state index in [0.717, 1.165) is 35.7 Å². The number of unbranched alkanes of at least 4 members (excludes halogenated alkanes) is 1. The number of hydrogen-bond acceptors (Lipinski definition) is 2. The molecule has 0 N–H and O–H groups in total. The number of carbonyl (C=O) groups is 1. The number of Topliss-reactive ketones (excluding diaryl/α,β-unsaturated/α-hetero) is 1. The Morgan fingerprint density at radius 3 is 2.42 bits per heavy atom. The van der Waals surface area contributed by atoms with E-state index >= 15 is 0 Å². The third-order valence-corrected chi connectivity index (χ3v) is 3.95. The maximum Gasteiger partial charge on any atom is 0.157 e. The molecule has 1 rings (SSSR count). The van der Waals surface area contributed by atoms with Crippen molar-refractivity contribution in [1.82, 2.24) is 0 Å². The Morgan fingerprint density at radius 1 is 1.32 bits per heavy atom. The van der Waals surface area contributed by atoms with Crippen LogP contribution in [0.25, 0.3) is 0 Å². The molecule has 0 aliphatic carbocycles. The van der Waals surface area contributed by atoms with Crippen LogP contribution in [0.4, 0.5) is 0 Å². The fourth-order valence-corrected chi connectivity index (χ4v) is 2.46. The topological polar surface area (TPSA) is 40.9 Å². The molecule has 0 aliphatic rings. The van der Waals surface area contributed by atoms with E-state index in [4.69, 9.17) is 0 Å². The van der Waals surface area contributed by atoms with Crippen LogP contribution >= 0.6 is 15.9 Å². The molecule has 0 radical (unpaired) electrons. The van der Waals surface area contributed by atoms with E-state index < -0.39 is 5.92 Å². The van der Waals surface area contributed by atoms with E-state index in [9.17, 15) is 10.1 Å². The molecule has 19 heavy (non-hydrogen) atoms. The summed E-state index contributed by atoms with van der Waals surface area (Å²) in [5.41, 5.74) is 0.797. The lowest BCUT2D eigenvalue weighted by Crippen LogP contribution is -2.21. The highest BCUT2D eigenvalue weighted by Gasteiger charge is 2.26. The van der Waals surface area contributed by atoms with Crippen LogP contribution in [0.3, 0.4) is 0 Å². The van der Waals surface area contributed by atoms with Crippen molar-refractivity contribution < 1.29 is 4.79 Å². The molecule has 0 aromatic heterocycles. The number of nitrogens with zero attached hydrogens (tertiary/aromatic N) is 1. The fourth-order valence-electron chi connectivity index (χ4n) is 2.19. The predicted octanol–water partition coefficient (Wildman–Crippen LogP) is 4.84. The molecule has 0 fully saturated rings. The normalized spacial score (nSPS) is 13.6. The van der Waals surface area contributed by atoms with Crippen molar-refractivity contribution in [2.45, 2.75) is 45.4 Å². The number of carbonyl (C=O) groups excluding carboxylic acids is 1. The third-order valence-electron chi connectivity index (χ3n) is 3.42. The van der Waals surface area contributed by atoms with Crippen LogP contribution in [0.5, 0.6) is 0 Å². The van der Waals surface area contributed by atoms with Gasteiger partial charge < -0.3 is 0 Å². The first-order valence-corrected chi connectivity index (χ1v) is 7.62. The van der Waals surface area contributed by atoms with Gasteiger partial charge in [0.2, 0.25) is 0 Å². The summed E-state index contributed by atoms with van der Waals surface area (Å²) in [5.74, 6) is -0.552. The lowest BCUT2D eigenvalue weighted by Gasteiger charge is -2.17. The van der Waals surface area contributed by atoms with Gasteiger partial charge in [-0.15, -0.1) is 0 Å². The Morgan fingerprint density at radius 2 is 1.95 bits per heavy atom. The quantitative estimate of drug-likeness (QED) is 0.720. The highest BCUT2D eigenvalue weighted by molar-refractivity contribution is 9.10. The molecular formula is C16H20BrNO. The van der Waals surface area contributed by atoms with Crippen LogP contribution in [-0.2, 0) is 4.79 Å². The molecule has 2 atom stereocenters. The minimum atomic E-state index is -0.630. The molecule has 102 valence electrons. The summed E-state index contributed by atoms with van der Waals surface area (Å²) in [6, 6.07) is 9.61. The second kappa shape index (κ2) is 8.12. The molecule has 0 spiro atoms. The Balaban J connectivity index is 2.87.